The van der Waals surface area contributed by atoms with E-state index in [9.17, 15) is 18.7 Å². The quantitative estimate of drug-likeness (QED) is 0.784. The Hall–Kier alpha value is -1.92. The first-order valence-electron chi connectivity index (χ1n) is 4.87. The van der Waals surface area contributed by atoms with Crippen molar-refractivity contribution >= 4 is 11.8 Å². The number of nitrogens with two attached hydrogens (primary N) is 1. The summed E-state index contributed by atoms with van der Waals surface area (Å²) in [5.41, 5.74) is 4.54. The lowest BCUT2D eigenvalue weighted by atomic mass is 10.1. The molecule has 0 fully saturated rings. The van der Waals surface area contributed by atoms with Crippen molar-refractivity contribution in [2.75, 3.05) is 12.3 Å². The number of nitrogens with zero attached hydrogens (tertiary/aromatic N) is 1. The highest BCUT2D eigenvalue weighted by molar-refractivity contribution is 5.75. The zero-order chi connectivity index (χ0) is 13.0. The Kier molecular flexibility index (Phi) is 4.19. The number of alkyl halides is 2. The minimum Gasteiger partial charge on any atom is -0.506 e. The van der Waals surface area contributed by atoms with Gasteiger partial charge in [-0.3, -0.25) is 4.79 Å². The van der Waals surface area contributed by atoms with Crippen LogP contribution in [0.1, 0.15) is 24.5 Å². The van der Waals surface area contributed by atoms with Crippen molar-refractivity contribution in [3.8, 4) is 5.75 Å². The maximum atomic E-state index is 12.7. The van der Waals surface area contributed by atoms with Gasteiger partial charge < -0.3 is 15.6 Å². The standard InChI is InChI=1S/C10H12F2N2O3/c1-2-17-7(16)3-5-8(9(11)12)6(15)4-14-10(5)13/h4,9,15H,2-3H2,1H3,(H2,13,14). The van der Waals surface area contributed by atoms with Crippen LogP contribution in [0.25, 0.3) is 0 Å². The zero-order valence-electron chi connectivity index (χ0n) is 9.11. The fraction of sp³-hybridized carbons (Fsp3) is 0.400. The van der Waals surface area contributed by atoms with Gasteiger partial charge in [-0.15, -0.1) is 0 Å². The number of carbonyl (C=O) groups is 1. The van der Waals surface area contributed by atoms with Crippen LogP contribution < -0.4 is 5.73 Å². The third kappa shape index (κ3) is 3.02. The van der Waals surface area contributed by atoms with Crippen LogP contribution in [0.4, 0.5) is 14.6 Å². The molecule has 1 aromatic heterocycles. The van der Waals surface area contributed by atoms with Crippen molar-refractivity contribution in [2.24, 2.45) is 0 Å². The number of halogens is 2. The summed E-state index contributed by atoms with van der Waals surface area (Å²) in [6.45, 7) is 1.73. The van der Waals surface area contributed by atoms with Gasteiger partial charge in [0, 0.05) is 5.56 Å². The average Bonchev–Trinajstić information content (AvgIpc) is 2.23. The van der Waals surface area contributed by atoms with Gasteiger partial charge in [-0.25, -0.2) is 13.8 Å². The van der Waals surface area contributed by atoms with Crippen LogP contribution >= 0.6 is 0 Å². The molecule has 94 valence electrons. The third-order valence-electron chi connectivity index (χ3n) is 2.08. The Labute approximate surface area is 96.2 Å². The Morgan fingerprint density at radius 1 is 1.65 bits per heavy atom. The van der Waals surface area contributed by atoms with E-state index in [1.54, 1.807) is 6.92 Å². The number of pyridine rings is 1. The Morgan fingerprint density at radius 2 is 2.29 bits per heavy atom. The van der Waals surface area contributed by atoms with Gasteiger partial charge in [-0.1, -0.05) is 0 Å². The number of hydrogen-bond acceptors (Lipinski definition) is 5. The molecule has 0 aliphatic rings. The summed E-state index contributed by atoms with van der Waals surface area (Å²) in [7, 11) is 0. The first kappa shape index (κ1) is 13.1. The Bertz CT molecular complexity index is 424. The predicted octanol–water partition coefficient (Wildman–Crippen LogP) is 1.41. The maximum Gasteiger partial charge on any atom is 0.310 e. The number of carbonyl (C=O) groups excluding carboxylic acids is 1. The first-order valence-corrected chi connectivity index (χ1v) is 4.87. The molecule has 0 aliphatic heterocycles. The van der Waals surface area contributed by atoms with Crippen molar-refractivity contribution < 1.29 is 23.4 Å². The van der Waals surface area contributed by atoms with Gasteiger partial charge in [-0.05, 0) is 6.92 Å². The van der Waals surface area contributed by atoms with Crippen molar-refractivity contribution in [2.45, 2.75) is 19.8 Å². The van der Waals surface area contributed by atoms with Crippen molar-refractivity contribution in [1.29, 1.82) is 0 Å². The molecule has 0 atom stereocenters. The SMILES string of the molecule is CCOC(=O)Cc1c(N)ncc(O)c1C(F)F. The number of aromatic hydroxyl groups is 1. The molecule has 7 heteroatoms. The minimum atomic E-state index is -2.94. The highest BCUT2D eigenvalue weighted by Crippen LogP contribution is 2.33. The Morgan fingerprint density at radius 3 is 2.82 bits per heavy atom. The largest absolute Gasteiger partial charge is 0.506 e. The molecule has 0 saturated heterocycles. The summed E-state index contributed by atoms with van der Waals surface area (Å²) < 4.78 is 30.0. The van der Waals surface area contributed by atoms with Gasteiger partial charge in [0.05, 0.1) is 24.8 Å². The lowest BCUT2D eigenvalue weighted by Gasteiger charge is -2.11. The molecule has 3 N–H and O–H groups in total. The van der Waals surface area contributed by atoms with E-state index in [1.807, 2.05) is 0 Å². The van der Waals surface area contributed by atoms with E-state index in [1.165, 1.54) is 0 Å². The second-order valence-corrected chi connectivity index (χ2v) is 3.20. The summed E-state index contributed by atoms with van der Waals surface area (Å²) in [4.78, 5) is 14.7. The smallest absolute Gasteiger partial charge is 0.310 e. The molecule has 0 radical (unpaired) electrons. The van der Waals surface area contributed by atoms with Gasteiger partial charge in [0.25, 0.3) is 6.43 Å². The highest BCUT2D eigenvalue weighted by atomic mass is 19.3. The number of anilines is 1. The third-order valence-corrected chi connectivity index (χ3v) is 2.08. The van der Waals surface area contributed by atoms with Gasteiger partial charge in [0.15, 0.2) is 0 Å². The predicted molar refractivity (Wildman–Crippen MR) is 55.6 cm³/mol. The fourth-order valence-electron chi connectivity index (χ4n) is 1.36. The van der Waals surface area contributed by atoms with Crippen LogP contribution in [-0.2, 0) is 16.0 Å². The molecule has 0 unspecified atom stereocenters. The van der Waals surface area contributed by atoms with Crippen LogP contribution in [0, 0.1) is 0 Å². The molecule has 1 heterocycles. The Balaban J connectivity index is 3.12. The minimum absolute atomic E-state index is 0.134. The number of nitrogen functional groups attached to an aromatic ring is 1. The number of rotatable bonds is 4. The lowest BCUT2D eigenvalue weighted by molar-refractivity contribution is -0.142. The molecule has 0 saturated carbocycles. The van der Waals surface area contributed by atoms with E-state index in [-0.39, 0.29) is 18.0 Å². The molecular weight excluding hydrogens is 234 g/mol. The lowest BCUT2D eigenvalue weighted by Crippen LogP contribution is -2.12. The normalized spacial score (nSPS) is 10.6. The highest BCUT2D eigenvalue weighted by Gasteiger charge is 2.23. The van der Waals surface area contributed by atoms with Crippen LogP contribution in [0.5, 0.6) is 5.75 Å². The maximum absolute atomic E-state index is 12.7. The number of ether oxygens (including phenoxy) is 1. The van der Waals surface area contributed by atoms with Gasteiger partial charge >= 0.3 is 5.97 Å². The first-order chi connectivity index (χ1) is 7.97. The molecule has 0 aromatic carbocycles. The fourth-order valence-corrected chi connectivity index (χ4v) is 1.36. The van der Waals surface area contributed by atoms with Gasteiger partial charge in [0.1, 0.15) is 11.6 Å². The molecule has 0 amide bonds. The molecule has 1 aromatic rings. The molecular formula is C10H12F2N2O3. The molecule has 0 aliphatic carbocycles. The van der Waals surface area contributed by atoms with Crippen molar-refractivity contribution in [3.63, 3.8) is 0 Å². The average molecular weight is 246 g/mol. The molecule has 0 spiro atoms. The van der Waals surface area contributed by atoms with Crippen LogP contribution in [-0.4, -0.2) is 22.7 Å². The van der Waals surface area contributed by atoms with Gasteiger partial charge in [-0.2, -0.15) is 0 Å². The summed E-state index contributed by atoms with van der Waals surface area (Å²) in [5, 5.41) is 9.28. The second kappa shape index (κ2) is 5.42. The molecule has 1 rings (SSSR count). The van der Waals surface area contributed by atoms with Crippen LogP contribution in [0.2, 0.25) is 0 Å². The molecule has 5 nitrogen and oxygen atoms in total. The van der Waals surface area contributed by atoms with Crippen molar-refractivity contribution in [3.05, 3.63) is 17.3 Å². The van der Waals surface area contributed by atoms with E-state index in [0.29, 0.717) is 0 Å². The van der Waals surface area contributed by atoms with E-state index in [2.05, 4.69) is 9.72 Å². The van der Waals surface area contributed by atoms with Crippen LogP contribution in [0.15, 0.2) is 6.20 Å². The second-order valence-electron chi connectivity index (χ2n) is 3.20. The van der Waals surface area contributed by atoms with E-state index >= 15 is 0 Å². The topological polar surface area (TPSA) is 85.4 Å². The van der Waals surface area contributed by atoms with Crippen molar-refractivity contribution in [1.82, 2.24) is 4.98 Å². The molecule has 17 heavy (non-hydrogen) atoms. The van der Waals surface area contributed by atoms with Crippen LogP contribution in [0.3, 0.4) is 0 Å². The monoisotopic (exact) mass is 246 g/mol. The summed E-state index contributed by atoms with van der Waals surface area (Å²) in [6, 6.07) is 0. The summed E-state index contributed by atoms with van der Waals surface area (Å²) in [6.07, 6.45) is -2.56. The summed E-state index contributed by atoms with van der Waals surface area (Å²) in [5.74, 6) is -1.60. The summed E-state index contributed by atoms with van der Waals surface area (Å²) >= 11 is 0. The van der Waals surface area contributed by atoms with E-state index < -0.39 is 30.1 Å². The number of hydrogen-bond donors (Lipinski definition) is 2. The van der Waals surface area contributed by atoms with Gasteiger partial charge in [0.2, 0.25) is 0 Å². The van der Waals surface area contributed by atoms with E-state index in [0.717, 1.165) is 6.20 Å². The number of aromatic nitrogens is 1. The molecule has 0 bridgehead atoms. The zero-order valence-corrected chi connectivity index (χ0v) is 9.11. The van der Waals surface area contributed by atoms with E-state index in [4.69, 9.17) is 5.73 Å². The number of esters is 1.